The molecule has 0 atom stereocenters. The molecule has 0 amide bonds. The molecule has 1 aliphatic rings. The van der Waals surface area contributed by atoms with E-state index in [4.69, 9.17) is 4.74 Å². The minimum atomic E-state index is 0.245. The molecule has 3 rings (SSSR count). The van der Waals surface area contributed by atoms with Crippen molar-refractivity contribution in [3.8, 4) is 10.7 Å². The summed E-state index contributed by atoms with van der Waals surface area (Å²) in [6.07, 6.45) is 6.10. The maximum Gasteiger partial charge on any atom is 0.206 e. The number of pyridine rings is 1. The van der Waals surface area contributed by atoms with E-state index in [0.717, 1.165) is 48.4 Å². The fourth-order valence-corrected chi connectivity index (χ4v) is 3.83. The fraction of sp³-hybridized carbons (Fsp3) is 0.500. The molecule has 0 aliphatic carbocycles. The van der Waals surface area contributed by atoms with Crippen molar-refractivity contribution in [1.29, 1.82) is 0 Å². The molecule has 0 radical (unpaired) electrons. The summed E-state index contributed by atoms with van der Waals surface area (Å²) >= 11 is 3.46. The van der Waals surface area contributed by atoms with Crippen LogP contribution in [0.2, 0.25) is 0 Å². The summed E-state index contributed by atoms with van der Waals surface area (Å²) in [4.78, 5) is 4.30. The van der Waals surface area contributed by atoms with Crippen LogP contribution in [-0.4, -0.2) is 45.9 Å². The molecule has 7 heteroatoms. The fourth-order valence-electron chi connectivity index (χ4n) is 2.32. The van der Waals surface area contributed by atoms with Gasteiger partial charge in [0.2, 0.25) is 5.13 Å². The average Bonchev–Trinajstić information content (AvgIpc) is 3.04. The lowest BCUT2D eigenvalue weighted by Gasteiger charge is -2.35. The van der Waals surface area contributed by atoms with E-state index in [2.05, 4.69) is 26.8 Å². The van der Waals surface area contributed by atoms with Gasteiger partial charge in [-0.1, -0.05) is 17.4 Å². The molecule has 2 aromatic heterocycles. The van der Waals surface area contributed by atoms with Gasteiger partial charge >= 0.3 is 0 Å². The molecular formula is C14H18N4OS2. The van der Waals surface area contributed by atoms with E-state index >= 15 is 0 Å². The van der Waals surface area contributed by atoms with Crippen LogP contribution in [0.4, 0.5) is 5.13 Å². The van der Waals surface area contributed by atoms with Gasteiger partial charge in [-0.25, -0.2) is 0 Å². The number of hydrogen-bond acceptors (Lipinski definition) is 7. The molecule has 1 aliphatic heterocycles. The van der Waals surface area contributed by atoms with Gasteiger partial charge in [-0.2, -0.15) is 11.8 Å². The first-order valence-electron chi connectivity index (χ1n) is 6.93. The van der Waals surface area contributed by atoms with Crippen molar-refractivity contribution in [2.45, 2.75) is 17.6 Å². The van der Waals surface area contributed by atoms with Crippen molar-refractivity contribution in [3.63, 3.8) is 0 Å². The highest BCUT2D eigenvalue weighted by Crippen LogP contribution is 2.34. The Kier molecular flexibility index (Phi) is 4.72. The predicted molar refractivity (Wildman–Crippen MR) is 87.9 cm³/mol. The molecule has 0 spiro atoms. The number of aromatic nitrogens is 3. The lowest BCUT2D eigenvalue weighted by molar-refractivity contribution is 0.0802. The number of thioether (sulfide) groups is 1. The van der Waals surface area contributed by atoms with Gasteiger partial charge in [-0.3, -0.25) is 4.98 Å². The summed E-state index contributed by atoms with van der Waals surface area (Å²) in [5, 5.41) is 13.6. The normalized spacial score (nSPS) is 17.6. The maximum absolute atomic E-state index is 5.47. The topological polar surface area (TPSA) is 59.9 Å². The predicted octanol–water partition coefficient (Wildman–Crippen LogP) is 2.92. The molecular weight excluding hydrogens is 304 g/mol. The zero-order valence-electron chi connectivity index (χ0n) is 11.9. The van der Waals surface area contributed by atoms with E-state index in [1.807, 2.05) is 30.0 Å². The third-order valence-corrected chi connectivity index (χ3v) is 6.03. The number of rotatable bonds is 5. The molecule has 21 heavy (non-hydrogen) atoms. The lowest BCUT2D eigenvalue weighted by atomic mass is 9.99. The van der Waals surface area contributed by atoms with E-state index in [1.54, 1.807) is 17.5 Å². The van der Waals surface area contributed by atoms with Crippen LogP contribution in [0.25, 0.3) is 10.7 Å². The molecule has 0 unspecified atom stereocenters. The first-order chi connectivity index (χ1) is 10.3. The SMILES string of the molecule is CSC1(CNc2nnc(-c3ccccn3)s2)CCOCC1. The van der Waals surface area contributed by atoms with Crippen LogP contribution in [0.5, 0.6) is 0 Å². The average molecular weight is 322 g/mol. The summed E-state index contributed by atoms with van der Waals surface area (Å²) in [6.45, 7) is 2.59. The highest BCUT2D eigenvalue weighted by atomic mass is 32.2. The number of hydrogen-bond donors (Lipinski definition) is 1. The zero-order chi connectivity index (χ0) is 14.5. The van der Waals surface area contributed by atoms with Gasteiger partial charge in [0.1, 0.15) is 5.69 Å². The minimum Gasteiger partial charge on any atom is -0.381 e. The first kappa shape index (κ1) is 14.7. The Morgan fingerprint density at radius 3 is 2.90 bits per heavy atom. The van der Waals surface area contributed by atoms with Gasteiger partial charge in [0, 0.05) is 30.7 Å². The number of ether oxygens (including phenoxy) is 1. The largest absolute Gasteiger partial charge is 0.381 e. The summed E-state index contributed by atoms with van der Waals surface area (Å²) in [5.74, 6) is 0. The number of anilines is 1. The summed E-state index contributed by atoms with van der Waals surface area (Å²) in [6, 6.07) is 5.81. The van der Waals surface area contributed by atoms with Crippen LogP contribution in [-0.2, 0) is 4.74 Å². The monoisotopic (exact) mass is 322 g/mol. The van der Waals surface area contributed by atoms with Crippen LogP contribution in [0.15, 0.2) is 24.4 Å². The van der Waals surface area contributed by atoms with E-state index in [-0.39, 0.29) is 4.75 Å². The van der Waals surface area contributed by atoms with Crippen molar-refractivity contribution in [2.75, 3.05) is 31.3 Å². The smallest absolute Gasteiger partial charge is 0.206 e. The second-order valence-corrected chi connectivity index (χ2v) is 7.23. The third kappa shape index (κ3) is 3.53. The van der Waals surface area contributed by atoms with Crippen LogP contribution < -0.4 is 5.32 Å². The number of nitrogens with one attached hydrogen (secondary N) is 1. The Morgan fingerprint density at radius 2 is 2.19 bits per heavy atom. The zero-order valence-corrected chi connectivity index (χ0v) is 13.5. The molecule has 3 heterocycles. The Morgan fingerprint density at radius 1 is 1.33 bits per heavy atom. The quantitative estimate of drug-likeness (QED) is 0.913. The second kappa shape index (κ2) is 6.72. The number of nitrogens with zero attached hydrogens (tertiary/aromatic N) is 3. The van der Waals surface area contributed by atoms with E-state index in [1.165, 1.54) is 0 Å². The molecule has 0 bridgehead atoms. The standard InChI is InChI=1S/C14H18N4OS2/c1-20-14(5-8-19-9-6-14)10-16-13-18-17-12(21-13)11-4-2-3-7-15-11/h2-4,7H,5-6,8-10H2,1H3,(H,16,18). The molecule has 1 N–H and O–H groups in total. The minimum absolute atomic E-state index is 0.245. The van der Waals surface area contributed by atoms with Crippen LogP contribution >= 0.6 is 23.1 Å². The first-order valence-corrected chi connectivity index (χ1v) is 8.97. The molecule has 0 aromatic carbocycles. The summed E-state index contributed by atoms with van der Waals surface area (Å²) < 4.78 is 5.71. The molecule has 1 fully saturated rings. The van der Waals surface area contributed by atoms with Crippen LogP contribution in [0, 0.1) is 0 Å². The van der Waals surface area contributed by atoms with Crippen molar-refractivity contribution >= 4 is 28.2 Å². The van der Waals surface area contributed by atoms with Crippen molar-refractivity contribution < 1.29 is 4.74 Å². The van der Waals surface area contributed by atoms with Crippen molar-refractivity contribution in [2.24, 2.45) is 0 Å². The van der Waals surface area contributed by atoms with Gasteiger partial charge in [0.05, 0.1) is 0 Å². The summed E-state index contributed by atoms with van der Waals surface area (Å²) in [7, 11) is 0. The Balaban J connectivity index is 1.65. The Labute approximate surface area is 132 Å². The Bertz CT molecular complexity index is 569. The van der Waals surface area contributed by atoms with Crippen molar-refractivity contribution in [1.82, 2.24) is 15.2 Å². The van der Waals surface area contributed by atoms with Gasteiger partial charge in [0.15, 0.2) is 5.01 Å². The van der Waals surface area contributed by atoms with Crippen LogP contribution in [0.1, 0.15) is 12.8 Å². The summed E-state index contributed by atoms with van der Waals surface area (Å²) in [5.41, 5.74) is 0.869. The van der Waals surface area contributed by atoms with Gasteiger partial charge in [0.25, 0.3) is 0 Å². The molecule has 2 aromatic rings. The molecule has 0 saturated carbocycles. The van der Waals surface area contributed by atoms with Crippen LogP contribution in [0.3, 0.4) is 0 Å². The van der Waals surface area contributed by atoms with Gasteiger partial charge in [-0.05, 0) is 31.2 Å². The Hall–Kier alpha value is -1.18. The lowest BCUT2D eigenvalue weighted by Crippen LogP contribution is -2.39. The molecule has 1 saturated heterocycles. The van der Waals surface area contributed by atoms with E-state index < -0.39 is 0 Å². The molecule has 112 valence electrons. The molecule has 5 nitrogen and oxygen atoms in total. The van der Waals surface area contributed by atoms with Gasteiger partial charge < -0.3 is 10.1 Å². The third-order valence-electron chi connectivity index (χ3n) is 3.71. The maximum atomic E-state index is 5.47. The second-order valence-electron chi connectivity index (χ2n) is 4.98. The highest BCUT2D eigenvalue weighted by Gasteiger charge is 2.31. The van der Waals surface area contributed by atoms with Gasteiger partial charge in [-0.15, -0.1) is 10.2 Å². The highest BCUT2D eigenvalue weighted by molar-refractivity contribution is 8.00. The van der Waals surface area contributed by atoms with Crippen molar-refractivity contribution in [3.05, 3.63) is 24.4 Å². The van der Waals surface area contributed by atoms with E-state index in [9.17, 15) is 0 Å². The van der Waals surface area contributed by atoms with E-state index in [0.29, 0.717) is 0 Å².